The molecule has 0 heterocycles. The molecular formula is C16H23FOS. The lowest BCUT2D eigenvalue weighted by molar-refractivity contribution is 0.195. The highest BCUT2D eigenvalue weighted by molar-refractivity contribution is 8.00. The van der Waals surface area contributed by atoms with E-state index < -0.39 is 6.10 Å². The second-order valence-corrected chi connectivity index (χ2v) is 7.17. The molecule has 1 aliphatic rings. The first-order valence-electron chi connectivity index (χ1n) is 7.12. The van der Waals surface area contributed by atoms with Crippen molar-refractivity contribution in [2.45, 2.75) is 62.7 Å². The Morgan fingerprint density at radius 3 is 2.74 bits per heavy atom. The molecule has 1 N–H and O–H groups in total. The zero-order chi connectivity index (χ0) is 14.0. The zero-order valence-corrected chi connectivity index (χ0v) is 12.8. The summed E-state index contributed by atoms with van der Waals surface area (Å²) in [5.74, 6) is 0.556. The van der Waals surface area contributed by atoms with Crippen molar-refractivity contribution >= 4 is 11.8 Å². The molecule has 3 atom stereocenters. The average molecular weight is 282 g/mol. The third-order valence-corrected chi connectivity index (χ3v) is 5.29. The molecule has 2 rings (SSSR count). The molecule has 0 bridgehead atoms. The monoisotopic (exact) mass is 282 g/mol. The molecule has 1 aromatic carbocycles. The molecule has 0 aliphatic heterocycles. The van der Waals surface area contributed by atoms with Gasteiger partial charge in [0.1, 0.15) is 5.82 Å². The maximum absolute atomic E-state index is 13.6. The van der Waals surface area contributed by atoms with Gasteiger partial charge in [-0.1, -0.05) is 19.8 Å². The summed E-state index contributed by atoms with van der Waals surface area (Å²) in [6.07, 6.45) is 4.44. The second-order valence-electron chi connectivity index (χ2n) is 5.83. The predicted octanol–water partition coefficient (Wildman–Crippen LogP) is 4.86. The van der Waals surface area contributed by atoms with Crippen LogP contribution >= 0.6 is 11.8 Å². The van der Waals surface area contributed by atoms with E-state index in [1.165, 1.54) is 31.7 Å². The van der Waals surface area contributed by atoms with Gasteiger partial charge in [0.05, 0.1) is 6.10 Å². The van der Waals surface area contributed by atoms with E-state index in [-0.39, 0.29) is 5.82 Å². The predicted molar refractivity (Wildman–Crippen MR) is 79.0 cm³/mol. The molecular weight excluding hydrogens is 259 g/mol. The Kier molecular flexibility index (Phi) is 4.91. The normalized spacial score (nSPS) is 25.3. The van der Waals surface area contributed by atoms with Crippen molar-refractivity contribution in [1.29, 1.82) is 0 Å². The number of aliphatic hydroxyl groups is 1. The van der Waals surface area contributed by atoms with Crippen molar-refractivity contribution in [2.75, 3.05) is 0 Å². The first kappa shape index (κ1) is 14.9. The van der Waals surface area contributed by atoms with Crippen LogP contribution in [0.25, 0.3) is 0 Å². The Morgan fingerprint density at radius 2 is 2.11 bits per heavy atom. The first-order valence-corrected chi connectivity index (χ1v) is 8.00. The number of halogens is 1. The van der Waals surface area contributed by atoms with E-state index in [2.05, 4.69) is 6.92 Å². The number of thioether (sulfide) groups is 1. The third-order valence-electron chi connectivity index (χ3n) is 3.92. The number of aryl methyl sites for hydroxylation is 1. The smallest absolute Gasteiger partial charge is 0.126 e. The van der Waals surface area contributed by atoms with Gasteiger partial charge in [-0.2, -0.15) is 0 Å². The molecule has 0 radical (unpaired) electrons. The van der Waals surface area contributed by atoms with E-state index in [4.69, 9.17) is 0 Å². The fourth-order valence-corrected chi connectivity index (χ4v) is 4.44. The van der Waals surface area contributed by atoms with Gasteiger partial charge >= 0.3 is 0 Å². The average Bonchev–Trinajstić information content (AvgIpc) is 2.33. The summed E-state index contributed by atoms with van der Waals surface area (Å²) in [4.78, 5) is 1.05. The topological polar surface area (TPSA) is 20.2 Å². The van der Waals surface area contributed by atoms with E-state index in [9.17, 15) is 9.50 Å². The number of aliphatic hydroxyl groups excluding tert-OH is 1. The van der Waals surface area contributed by atoms with Crippen molar-refractivity contribution in [1.82, 2.24) is 0 Å². The third kappa shape index (κ3) is 3.73. The summed E-state index contributed by atoms with van der Waals surface area (Å²) >= 11 is 1.82. The van der Waals surface area contributed by atoms with Gasteiger partial charge in [-0.25, -0.2) is 4.39 Å². The SMILES string of the molecule is Cc1cc(SC2CCCC(C)C2)c([C@@H](C)O)cc1F. The van der Waals surface area contributed by atoms with E-state index in [1.54, 1.807) is 13.8 Å². The molecule has 3 heteroatoms. The van der Waals surface area contributed by atoms with Gasteiger partial charge in [-0.15, -0.1) is 11.8 Å². The van der Waals surface area contributed by atoms with Crippen LogP contribution in [0.1, 0.15) is 56.8 Å². The van der Waals surface area contributed by atoms with Crippen LogP contribution in [0.2, 0.25) is 0 Å². The molecule has 0 aromatic heterocycles. The Hall–Kier alpha value is -0.540. The van der Waals surface area contributed by atoms with Crippen molar-refractivity contribution < 1.29 is 9.50 Å². The molecule has 19 heavy (non-hydrogen) atoms. The molecule has 1 fully saturated rings. The molecule has 1 nitrogen and oxygen atoms in total. The fourth-order valence-electron chi connectivity index (χ4n) is 2.76. The Balaban J connectivity index is 2.20. The van der Waals surface area contributed by atoms with Crippen LogP contribution in [0.4, 0.5) is 4.39 Å². The van der Waals surface area contributed by atoms with Crippen LogP contribution in [-0.4, -0.2) is 10.4 Å². The minimum Gasteiger partial charge on any atom is -0.389 e. The van der Waals surface area contributed by atoms with Crippen LogP contribution in [-0.2, 0) is 0 Å². The Labute approximate surface area is 119 Å². The highest BCUT2D eigenvalue weighted by Crippen LogP contribution is 2.39. The van der Waals surface area contributed by atoms with Gasteiger partial charge in [0, 0.05) is 10.1 Å². The quantitative estimate of drug-likeness (QED) is 0.854. The molecule has 106 valence electrons. The Bertz CT molecular complexity index is 445. The lowest BCUT2D eigenvalue weighted by atomic mass is 9.91. The second kappa shape index (κ2) is 6.27. The fraction of sp³-hybridized carbons (Fsp3) is 0.625. The lowest BCUT2D eigenvalue weighted by Gasteiger charge is -2.27. The molecule has 0 saturated heterocycles. The molecule has 1 aliphatic carbocycles. The maximum Gasteiger partial charge on any atom is 0.126 e. The number of hydrogen-bond donors (Lipinski definition) is 1. The Morgan fingerprint density at radius 1 is 1.37 bits per heavy atom. The zero-order valence-electron chi connectivity index (χ0n) is 11.9. The highest BCUT2D eigenvalue weighted by Gasteiger charge is 2.22. The maximum atomic E-state index is 13.6. The number of rotatable bonds is 3. The van der Waals surface area contributed by atoms with E-state index in [0.717, 1.165) is 16.4 Å². The number of benzene rings is 1. The van der Waals surface area contributed by atoms with Gasteiger partial charge in [-0.3, -0.25) is 0 Å². The van der Waals surface area contributed by atoms with E-state index >= 15 is 0 Å². The van der Waals surface area contributed by atoms with Gasteiger partial charge in [-0.05, 0) is 55.9 Å². The largest absolute Gasteiger partial charge is 0.389 e. The van der Waals surface area contributed by atoms with E-state index in [1.807, 2.05) is 17.8 Å². The molecule has 1 aromatic rings. The van der Waals surface area contributed by atoms with Gasteiger partial charge in [0.2, 0.25) is 0 Å². The van der Waals surface area contributed by atoms with Gasteiger partial charge in [0.15, 0.2) is 0 Å². The van der Waals surface area contributed by atoms with Crippen LogP contribution in [0, 0.1) is 18.7 Å². The molecule has 0 amide bonds. The van der Waals surface area contributed by atoms with Crippen LogP contribution < -0.4 is 0 Å². The van der Waals surface area contributed by atoms with E-state index in [0.29, 0.717) is 10.8 Å². The molecule has 2 unspecified atom stereocenters. The van der Waals surface area contributed by atoms with Crippen LogP contribution in [0.3, 0.4) is 0 Å². The molecule has 1 saturated carbocycles. The summed E-state index contributed by atoms with van der Waals surface area (Å²) in [6, 6.07) is 3.38. The van der Waals surface area contributed by atoms with Crippen molar-refractivity contribution in [2.24, 2.45) is 5.92 Å². The molecule has 0 spiro atoms. The standard InChI is InChI=1S/C16H23FOS/c1-10-5-4-6-13(7-10)19-16-8-11(2)15(17)9-14(16)12(3)18/h8-10,12-13,18H,4-7H2,1-3H3/t10?,12-,13?/m1/s1. The van der Waals surface area contributed by atoms with Crippen molar-refractivity contribution in [3.63, 3.8) is 0 Å². The van der Waals surface area contributed by atoms with Crippen molar-refractivity contribution in [3.8, 4) is 0 Å². The van der Waals surface area contributed by atoms with Crippen LogP contribution in [0.5, 0.6) is 0 Å². The van der Waals surface area contributed by atoms with Crippen molar-refractivity contribution in [3.05, 3.63) is 29.1 Å². The van der Waals surface area contributed by atoms with Gasteiger partial charge in [0.25, 0.3) is 0 Å². The summed E-state index contributed by atoms with van der Waals surface area (Å²) in [6.45, 7) is 5.80. The first-order chi connectivity index (χ1) is 8.97. The summed E-state index contributed by atoms with van der Waals surface area (Å²) in [7, 11) is 0. The summed E-state index contributed by atoms with van der Waals surface area (Å²) in [5, 5.41) is 10.4. The highest BCUT2D eigenvalue weighted by atomic mass is 32.2. The summed E-state index contributed by atoms with van der Waals surface area (Å²) < 4.78 is 13.6. The minimum absolute atomic E-state index is 0.225. The lowest BCUT2D eigenvalue weighted by Crippen LogP contribution is -2.15. The van der Waals surface area contributed by atoms with Crippen LogP contribution in [0.15, 0.2) is 17.0 Å². The van der Waals surface area contributed by atoms with Gasteiger partial charge < -0.3 is 5.11 Å². The number of hydrogen-bond acceptors (Lipinski definition) is 2. The minimum atomic E-state index is -0.612. The summed E-state index contributed by atoms with van der Waals surface area (Å²) in [5.41, 5.74) is 1.39.